The first-order valence-electron chi connectivity index (χ1n) is 17.3. The van der Waals surface area contributed by atoms with E-state index in [1.54, 1.807) is 0 Å². The van der Waals surface area contributed by atoms with Gasteiger partial charge in [0.05, 0.1) is 5.69 Å². The van der Waals surface area contributed by atoms with Crippen molar-refractivity contribution in [1.29, 1.82) is 0 Å². The molecule has 0 saturated heterocycles. The topological polar surface area (TPSA) is 16.4 Å². The zero-order valence-electron chi connectivity index (χ0n) is 27.7. The van der Waals surface area contributed by atoms with E-state index in [1.807, 2.05) is 17.4 Å². The highest BCUT2D eigenvalue weighted by molar-refractivity contribution is 7.25. The first kappa shape index (κ1) is 29.5. The lowest BCUT2D eigenvalue weighted by atomic mass is 9.98. The van der Waals surface area contributed by atoms with Crippen LogP contribution in [0, 0.1) is 0 Å². The lowest BCUT2D eigenvalue weighted by molar-refractivity contribution is 0.669. The molecule has 51 heavy (non-hydrogen) atoms. The molecule has 0 unspecified atom stereocenters. The van der Waals surface area contributed by atoms with Crippen molar-refractivity contribution < 1.29 is 4.42 Å². The minimum Gasteiger partial charge on any atom is -0.454 e. The van der Waals surface area contributed by atoms with Crippen molar-refractivity contribution >= 4 is 70.5 Å². The first-order chi connectivity index (χ1) is 25.3. The van der Waals surface area contributed by atoms with Gasteiger partial charge in [0.1, 0.15) is 5.58 Å². The third-order valence-electron chi connectivity index (χ3n) is 9.90. The molecule has 0 atom stereocenters. The molecule has 2 aromatic heterocycles. The summed E-state index contributed by atoms with van der Waals surface area (Å²) in [4.78, 5) is 2.36. The summed E-state index contributed by atoms with van der Waals surface area (Å²) in [6, 6.07) is 67.3. The highest BCUT2D eigenvalue weighted by Crippen LogP contribution is 2.48. The van der Waals surface area contributed by atoms with E-state index >= 15 is 0 Å². The van der Waals surface area contributed by atoms with E-state index < -0.39 is 0 Å². The zero-order valence-corrected chi connectivity index (χ0v) is 28.5. The summed E-state index contributed by atoms with van der Waals surface area (Å²) in [6.45, 7) is 0. The van der Waals surface area contributed by atoms with Crippen LogP contribution < -0.4 is 4.90 Å². The molecule has 2 nitrogen and oxygen atoms in total. The van der Waals surface area contributed by atoms with Crippen molar-refractivity contribution in [2.24, 2.45) is 0 Å². The average Bonchev–Trinajstić information content (AvgIpc) is 3.78. The van der Waals surface area contributed by atoms with E-state index in [9.17, 15) is 0 Å². The van der Waals surface area contributed by atoms with Gasteiger partial charge in [-0.1, -0.05) is 133 Å². The number of furan rings is 1. The summed E-state index contributed by atoms with van der Waals surface area (Å²) in [5.41, 5.74) is 11.9. The second-order valence-electron chi connectivity index (χ2n) is 12.9. The summed E-state index contributed by atoms with van der Waals surface area (Å²) >= 11 is 1.85. The molecule has 0 amide bonds. The predicted octanol–water partition coefficient (Wildman–Crippen LogP) is 14.4. The van der Waals surface area contributed by atoms with Gasteiger partial charge in [0, 0.05) is 47.9 Å². The van der Waals surface area contributed by atoms with Crippen LogP contribution in [0.2, 0.25) is 0 Å². The SMILES string of the molecule is c1ccc(-c2ccc(N(c3ccc(-c4ccc5sc6ccccc6c5c4)cc3)c3c(-c4ccccc4)ccc4c3oc3ccccc34)cc2)cc1. The van der Waals surface area contributed by atoms with Crippen LogP contribution in [0.5, 0.6) is 0 Å². The standard InChI is InChI=1S/C48H31NOS/c1-3-11-32(12-4-1)33-19-24-37(25-20-33)49(38-26-21-34(22-27-38)36-23-30-46-43(31-36)41-16-8-10-18-45(41)51-46)47-39(35-13-5-2-6-14-35)28-29-42-40-15-7-9-17-44(40)50-48(42)47/h1-31H. The maximum Gasteiger partial charge on any atom is 0.160 e. The van der Waals surface area contributed by atoms with E-state index in [-0.39, 0.29) is 0 Å². The third kappa shape index (κ3) is 5.10. The predicted molar refractivity (Wildman–Crippen MR) is 218 cm³/mol. The smallest absolute Gasteiger partial charge is 0.160 e. The number of fused-ring (bicyclic) bond motifs is 6. The van der Waals surface area contributed by atoms with Gasteiger partial charge < -0.3 is 9.32 Å². The van der Waals surface area contributed by atoms with E-state index in [4.69, 9.17) is 4.42 Å². The molecule has 8 aromatic carbocycles. The minimum absolute atomic E-state index is 0.864. The molecule has 0 aliphatic heterocycles. The third-order valence-corrected chi connectivity index (χ3v) is 11.0. The van der Waals surface area contributed by atoms with Crippen LogP contribution in [0.1, 0.15) is 0 Å². The number of anilines is 3. The number of benzene rings is 8. The minimum atomic E-state index is 0.864. The Morgan fingerprint density at radius 3 is 1.65 bits per heavy atom. The number of hydrogen-bond acceptors (Lipinski definition) is 3. The van der Waals surface area contributed by atoms with E-state index in [0.29, 0.717) is 0 Å². The summed E-state index contributed by atoms with van der Waals surface area (Å²) in [6.07, 6.45) is 0. The molecule has 0 bridgehead atoms. The van der Waals surface area contributed by atoms with Crippen molar-refractivity contribution in [2.45, 2.75) is 0 Å². The fraction of sp³-hybridized carbons (Fsp3) is 0. The second-order valence-corrected chi connectivity index (χ2v) is 14.0. The highest BCUT2D eigenvalue weighted by Gasteiger charge is 2.24. The van der Waals surface area contributed by atoms with Crippen LogP contribution in [0.15, 0.2) is 192 Å². The number of para-hydroxylation sites is 1. The summed E-state index contributed by atoms with van der Waals surface area (Å²) in [5.74, 6) is 0. The number of hydrogen-bond donors (Lipinski definition) is 0. The molecule has 0 spiro atoms. The van der Waals surface area contributed by atoms with Crippen molar-refractivity contribution in [2.75, 3.05) is 4.90 Å². The Morgan fingerprint density at radius 2 is 0.922 bits per heavy atom. The Labute approximate surface area is 300 Å². The highest BCUT2D eigenvalue weighted by atomic mass is 32.1. The van der Waals surface area contributed by atoms with E-state index in [0.717, 1.165) is 50.1 Å². The average molecular weight is 670 g/mol. The molecule has 0 N–H and O–H groups in total. The van der Waals surface area contributed by atoms with Crippen LogP contribution >= 0.6 is 11.3 Å². The van der Waals surface area contributed by atoms with Crippen LogP contribution in [-0.2, 0) is 0 Å². The Morgan fingerprint density at radius 1 is 0.373 bits per heavy atom. The number of thiophene rings is 1. The second kappa shape index (κ2) is 12.2. The van der Waals surface area contributed by atoms with Crippen molar-refractivity contribution in [3.8, 4) is 33.4 Å². The summed E-state index contributed by atoms with van der Waals surface area (Å²) in [5, 5.41) is 4.83. The van der Waals surface area contributed by atoms with Gasteiger partial charge in [-0.15, -0.1) is 11.3 Å². The lowest BCUT2D eigenvalue weighted by Gasteiger charge is -2.28. The Bertz CT molecular complexity index is 2830. The number of nitrogens with zero attached hydrogens (tertiary/aromatic N) is 1. The molecule has 0 radical (unpaired) electrons. The molecule has 0 aliphatic carbocycles. The van der Waals surface area contributed by atoms with Gasteiger partial charge in [0.15, 0.2) is 5.58 Å². The molecular weight excluding hydrogens is 639 g/mol. The van der Waals surface area contributed by atoms with Gasteiger partial charge in [-0.3, -0.25) is 0 Å². The van der Waals surface area contributed by atoms with Crippen molar-refractivity contribution in [1.82, 2.24) is 0 Å². The molecule has 10 rings (SSSR count). The summed E-state index contributed by atoms with van der Waals surface area (Å²) in [7, 11) is 0. The van der Waals surface area contributed by atoms with Crippen LogP contribution in [0.25, 0.3) is 75.5 Å². The van der Waals surface area contributed by atoms with Gasteiger partial charge in [-0.2, -0.15) is 0 Å². The first-order valence-corrected chi connectivity index (χ1v) is 18.1. The Balaban J connectivity index is 1.17. The van der Waals surface area contributed by atoms with Gasteiger partial charge in [-0.05, 0) is 82.4 Å². The molecule has 10 aromatic rings. The van der Waals surface area contributed by atoms with Gasteiger partial charge in [0.2, 0.25) is 0 Å². The molecule has 0 saturated carbocycles. The normalized spacial score (nSPS) is 11.5. The maximum atomic E-state index is 6.78. The molecule has 0 fully saturated rings. The lowest BCUT2D eigenvalue weighted by Crippen LogP contribution is -2.11. The zero-order chi connectivity index (χ0) is 33.7. The van der Waals surface area contributed by atoms with Crippen LogP contribution in [-0.4, -0.2) is 0 Å². The fourth-order valence-corrected chi connectivity index (χ4v) is 8.48. The Kier molecular flexibility index (Phi) is 7.04. The largest absolute Gasteiger partial charge is 0.454 e. The maximum absolute atomic E-state index is 6.78. The van der Waals surface area contributed by atoms with Crippen LogP contribution in [0.4, 0.5) is 17.1 Å². The monoisotopic (exact) mass is 669 g/mol. The van der Waals surface area contributed by atoms with Crippen molar-refractivity contribution in [3.63, 3.8) is 0 Å². The molecule has 0 aliphatic rings. The number of rotatable bonds is 6. The molecule has 240 valence electrons. The summed E-state index contributed by atoms with van der Waals surface area (Å²) < 4.78 is 9.42. The molecule has 2 heterocycles. The van der Waals surface area contributed by atoms with Gasteiger partial charge in [-0.25, -0.2) is 0 Å². The van der Waals surface area contributed by atoms with E-state index in [2.05, 4.69) is 187 Å². The van der Waals surface area contributed by atoms with Crippen LogP contribution in [0.3, 0.4) is 0 Å². The Hall–Kier alpha value is -6.42. The molecule has 3 heteroatoms. The fourth-order valence-electron chi connectivity index (χ4n) is 7.40. The van der Waals surface area contributed by atoms with Gasteiger partial charge >= 0.3 is 0 Å². The van der Waals surface area contributed by atoms with Crippen molar-refractivity contribution in [3.05, 3.63) is 188 Å². The molecular formula is C48H31NOS. The van der Waals surface area contributed by atoms with E-state index in [1.165, 1.54) is 42.4 Å². The quantitative estimate of drug-likeness (QED) is 0.175. The van der Waals surface area contributed by atoms with Gasteiger partial charge in [0.25, 0.3) is 0 Å².